The van der Waals surface area contributed by atoms with E-state index >= 15 is 0 Å². The number of rotatable bonds is 6. The zero-order valence-electron chi connectivity index (χ0n) is 18.5. The first-order valence-corrected chi connectivity index (χ1v) is 11.1. The van der Waals surface area contributed by atoms with E-state index in [0.717, 1.165) is 43.0 Å². The van der Waals surface area contributed by atoms with Crippen molar-refractivity contribution in [2.45, 2.75) is 19.8 Å². The van der Waals surface area contributed by atoms with Gasteiger partial charge in [0.1, 0.15) is 0 Å². The van der Waals surface area contributed by atoms with Crippen LogP contribution in [-0.4, -0.2) is 36.5 Å². The highest BCUT2D eigenvalue weighted by Crippen LogP contribution is 2.35. The molecule has 6 nitrogen and oxygen atoms in total. The first kappa shape index (κ1) is 22.1. The summed E-state index contributed by atoms with van der Waals surface area (Å²) in [6.07, 6.45) is 2.11. The summed E-state index contributed by atoms with van der Waals surface area (Å²) in [5, 5.41) is 9.16. The maximum Gasteiger partial charge on any atom is 0.338 e. The van der Waals surface area contributed by atoms with Gasteiger partial charge in [-0.05, 0) is 92.6 Å². The van der Waals surface area contributed by atoms with E-state index in [9.17, 15) is 9.59 Å². The lowest BCUT2D eigenvalue weighted by Crippen LogP contribution is -2.27. The molecule has 0 aromatic heterocycles. The van der Waals surface area contributed by atoms with Crippen LogP contribution in [0.4, 0.5) is 17.1 Å². The van der Waals surface area contributed by atoms with Crippen LogP contribution >= 0.6 is 0 Å². The van der Waals surface area contributed by atoms with Crippen LogP contribution in [-0.2, 0) is 4.74 Å². The molecule has 1 aliphatic heterocycles. The Bertz CT molecular complexity index is 1160. The van der Waals surface area contributed by atoms with Crippen LogP contribution in [0.5, 0.6) is 0 Å². The lowest BCUT2D eigenvalue weighted by atomic mass is 10.1. The molecule has 0 bridgehead atoms. The second kappa shape index (κ2) is 10.0. The van der Waals surface area contributed by atoms with Crippen LogP contribution < -0.4 is 4.90 Å². The van der Waals surface area contributed by atoms with Gasteiger partial charge in [0.25, 0.3) is 5.91 Å². The minimum atomic E-state index is -0.362. The molecule has 0 saturated carbocycles. The molecule has 0 unspecified atom stereocenters. The van der Waals surface area contributed by atoms with Crippen LogP contribution in [0.15, 0.2) is 72.8 Å². The second-order valence-corrected chi connectivity index (χ2v) is 7.81. The summed E-state index contributed by atoms with van der Waals surface area (Å²) in [4.78, 5) is 28.7. The van der Waals surface area contributed by atoms with Gasteiger partial charge in [0.2, 0.25) is 0 Å². The van der Waals surface area contributed by atoms with Crippen molar-refractivity contribution in [2.75, 3.05) is 24.6 Å². The molecule has 3 aromatic rings. The average Bonchev–Trinajstić information content (AvgIpc) is 3.40. The van der Waals surface area contributed by atoms with Gasteiger partial charge in [0.15, 0.2) is 0 Å². The summed E-state index contributed by atoms with van der Waals surface area (Å²) < 4.78 is 5.08. The first-order chi connectivity index (χ1) is 16.1. The van der Waals surface area contributed by atoms with Crippen molar-refractivity contribution >= 4 is 28.9 Å². The molecule has 3 aromatic carbocycles. The van der Waals surface area contributed by atoms with Gasteiger partial charge in [-0.3, -0.25) is 4.79 Å². The number of nitrogens with zero attached hydrogens (tertiary/aromatic N) is 3. The Morgan fingerprint density at radius 2 is 1.33 bits per heavy atom. The number of benzene rings is 3. The minimum absolute atomic E-state index is 0.0581. The zero-order valence-corrected chi connectivity index (χ0v) is 18.5. The summed E-state index contributed by atoms with van der Waals surface area (Å²) in [6, 6.07) is 24.1. The highest BCUT2D eigenvalue weighted by Gasteiger charge is 2.20. The number of ether oxygens (including phenoxy) is 1. The van der Waals surface area contributed by atoms with Crippen molar-refractivity contribution in [2.24, 2.45) is 0 Å². The largest absolute Gasteiger partial charge is 0.462 e. The molecule has 1 aliphatic rings. The van der Waals surface area contributed by atoms with Crippen molar-refractivity contribution < 1.29 is 14.3 Å². The van der Waals surface area contributed by atoms with E-state index in [1.807, 2.05) is 58.3 Å². The topological polar surface area (TPSA) is 73.6 Å². The smallest absolute Gasteiger partial charge is 0.338 e. The molecule has 4 rings (SSSR count). The fourth-order valence-electron chi connectivity index (χ4n) is 3.95. The Balaban J connectivity index is 1.67. The SMILES string of the molecule is CCOC(=O)c1ccc(N(c2ccc(C#N)cc2)c2ccc(C(=O)N3CCCC3)cc2)cc1. The van der Waals surface area contributed by atoms with Gasteiger partial charge in [0.05, 0.1) is 23.8 Å². The first-order valence-electron chi connectivity index (χ1n) is 11.1. The lowest BCUT2D eigenvalue weighted by molar-refractivity contribution is 0.0526. The number of esters is 1. The zero-order chi connectivity index (χ0) is 23.2. The fourth-order valence-corrected chi connectivity index (χ4v) is 3.95. The minimum Gasteiger partial charge on any atom is -0.462 e. The van der Waals surface area contributed by atoms with Gasteiger partial charge < -0.3 is 14.5 Å². The van der Waals surface area contributed by atoms with Crippen molar-refractivity contribution in [1.82, 2.24) is 4.90 Å². The summed E-state index contributed by atoms with van der Waals surface area (Å²) in [6.45, 7) is 3.72. The van der Waals surface area contributed by atoms with Crippen LogP contribution in [0.1, 0.15) is 46.0 Å². The number of carbonyl (C=O) groups excluding carboxylic acids is 2. The Hall–Kier alpha value is -4.11. The van der Waals surface area contributed by atoms with Gasteiger partial charge in [-0.25, -0.2) is 4.79 Å². The van der Waals surface area contributed by atoms with E-state index < -0.39 is 0 Å². The number of amides is 1. The number of nitriles is 1. The Morgan fingerprint density at radius 1 is 0.848 bits per heavy atom. The third-order valence-corrected chi connectivity index (χ3v) is 5.66. The number of hydrogen-bond acceptors (Lipinski definition) is 5. The maximum atomic E-state index is 12.7. The van der Waals surface area contributed by atoms with Crippen LogP contribution in [0.2, 0.25) is 0 Å². The molecule has 1 heterocycles. The van der Waals surface area contributed by atoms with Gasteiger partial charge in [-0.15, -0.1) is 0 Å². The molecule has 0 radical (unpaired) electrons. The number of hydrogen-bond donors (Lipinski definition) is 0. The third kappa shape index (κ3) is 4.88. The lowest BCUT2D eigenvalue weighted by Gasteiger charge is -2.26. The maximum absolute atomic E-state index is 12.7. The predicted octanol–water partition coefficient (Wildman–Crippen LogP) is 5.44. The highest BCUT2D eigenvalue weighted by molar-refractivity contribution is 5.95. The molecular weight excluding hydrogens is 414 g/mol. The number of likely N-dealkylation sites (tertiary alicyclic amines) is 1. The quantitative estimate of drug-likeness (QED) is 0.478. The van der Waals surface area contributed by atoms with Crippen LogP contribution in [0.25, 0.3) is 0 Å². The molecule has 0 spiro atoms. The second-order valence-electron chi connectivity index (χ2n) is 7.81. The molecule has 166 valence electrons. The van der Waals surface area contributed by atoms with E-state index in [2.05, 4.69) is 6.07 Å². The normalized spacial score (nSPS) is 12.8. The average molecular weight is 440 g/mol. The van der Waals surface area contributed by atoms with Gasteiger partial charge in [-0.1, -0.05) is 0 Å². The summed E-state index contributed by atoms with van der Waals surface area (Å²) >= 11 is 0. The fraction of sp³-hybridized carbons (Fsp3) is 0.222. The summed E-state index contributed by atoms with van der Waals surface area (Å²) in [7, 11) is 0. The van der Waals surface area contributed by atoms with Crippen molar-refractivity contribution in [1.29, 1.82) is 5.26 Å². The van der Waals surface area contributed by atoms with Gasteiger partial charge in [0, 0.05) is 35.7 Å². The van der Waals surface area contributed by atoms with Crippen LogP contribution in [0, 0.1) is 11.3 Å². The Kier molecular flexibility index (Phi) is 6.70. The third-order valence-electron chi connectivity index (χ3n) is 5.66. The Labute approximate surface area is 193 Å². The monoisotopic (exact) mass is 439 g/mol. The predicted molar refractivity (Wildman–Crippen MR) is 127 cm³/mol. The van der Waals surface area contributed by atoms with E-state index in [4.69, 9.17) is 10.00 Å². The highest BCUT2D eigenvalue weighted by atomic mass is 16.5. The number of anilines is 3. The molecule has 0 atom stereocenters. The summed E-state index contributed by atoms with van der Waals surface area (Å²) in [5.74, 6) is -0.304. The standard InChI is InChI=1S/C27H25N3O3/c1-2-33-27(32)22-9-15-25(16-10-22)30(23-11-5-20(19-28)6-12-23)24-13-7-21(8-14-24)26(31)29-17-3-4-18-29/h5-16H,2-4,17-18H2,1H3. The van der Waals surface area contributed by atoms with E-state index in [0.29, 0.717) is 23.3 Å². The van der Waals surface area contributed by atoms with Crippen molar-refractivity contribution in [3.63, 3.8) is 0 Å². The van der Waals surface area contributed by atoms with Gasteiger partial charge >= 0.3 is 5.97 Å². The molecule has 1 saturated heterocycles. The van der Waals surface area contributed by atoms with E-state index in [1.54, 1.807) is 31.2 Å². The number of carbonyl (C=O) groups is 2. The molecule has 1 amide bonds. The van der Waals surface area contributed by atoms with Gasteiger partial charge in [-0.2, -0.15) is 5.26 Å². The molecule has 0 aliphatic carbocycles. The Morgan fingerprint density at radius 3 is 1.82 bits per heavy atom. The van der Waals surface area contributed by atoms with E-state index in [-0.39, 0.29) is 11.9 Å². The molecule has 6 heteroatoms. The van der Waals surface area contributed by atoms with Crippen LogP contribution in [0.3, 0.4) is 0 Å². The molecule has 33 heavy (non-hydrogen) atoms. The summed E-state index contributed by atoms with van der Waals surface area (Å²) in [5.41, 5.74) is 4.28. The van der Waals surface area contributed by atoms with Crippen molar-refractivity contribution in [3.05, 3.63) is 89.5 Å². The molecule has 1 fully saturated rings. The molecule has 0 N–H and O–H groups in total. The van der Waals surface area contributed by atoms with Crippen molar-refractivity contribution in [3.8, 4) is 6.07 Å². The molecular formula is C27H25N3O3. The van der Waals surface area contributed by atoms with E-state index in [1.165, 1.54) is 0 Å².